The van der Waals surface area contributed by atoms with E-state index in [1.54, 1.807) is 0 Å². The molecular weight excluding hydrogens is 222 g/mol. The lowest BCUT2D eigenvalue weighted by molar-refractivity contribution is -0.148. The molecule has 90 valence electrons. The minimum Gasteiger partial charge on any atom is -0.467 e. The van der Waals surface area contributed by atoms with E-state index in [1.165, 1.54) is 7.11 Å². The van der Waals surface area contributed by atoms with Crippen molar-refractivity contribution < 1.29 is 19.1 Å². The van der Waals surface area contributed by atoms with Gasteiger partial charge in [-0.25, -0.2) is 9.59 Å². The maximum atomic E-state index is 11.8. The number of alkyl carbamates (subject to hydrolysis) is 1. The number of hydrogen-bond donors (Lipinski definition) is 1. The molecule has 0 saturated carbocycles. The first-order valence-corrected chi connectivity index (χ1v) is 5.23. The summed E-state index contributed by atoms with van der Waals surface area (Å²) in [6.45, 7) is -0.00655. The maximum Gasteiger partial charge on any atom is 0.408 e. The number of carbonyl (C=O) groups excluding carboxylic acids is 2. The fourth-order valence-electron chi connectivity index (χ4n) is 1.87. The summed E-state index contributed by atoms with van der Waals surface area (Å²) in [6, 6.07) is 9.40. The molecule has 1 saturated heterocycles. The summed E-state index contributed by atoms with van der Waals surface area (Å²) in [7, 11) is 1.29. The van der Waals surface area contributed by atoms with Crippen LogP contribution in [0.5, 0.6) is 0 Å². The number of rotatable bonds is 3. The Morgan fingerprint density at radius 3 is 2.71 bits per heavy atom. The van der Waals surface area contributed by atoms with Crippen molar-refractivity contribution in [1.82, 2.24) is 5.32 Å². The Morgan fingerprint density at radius 1 is 1.47 bits per heavy atom. The molecule has 1 fully saturated rings. The Bertz CT molecular complexity index is 431. The van der Waals surface area contributed by atoms with Crippen LogP contribution in [0.15, 0.2) is 30.3 Å². The van der Waals surface area contributed by atoms with Gasteiger partial charge in [0.2, 0.25) is 0 Å². The molecule has 2 rings (SSSR count). The van der Waals surface area contributed by atoms with E-state index in [0.717, 1.165) is 5.56 Å². The van der Waals surface area contributed by atoms with Crippen molar-refractivity contribution in [2.24, 2.45) is 0 Å². The molecule has 1 aromatic rings. The molecule has 0 unspecified atom stereocenters. The van der Waals surface area contributed by atoms with Crippen molar-refractivity contribution in [1.29, 1.82) is 0 Å². The number of cyclic esters (lactones) is 1. The fourth-order valence-corrected chi connectivity index (χ4v) is 1.87. The summed E-state index contributed by atoms with van der Waals surface area (Å²) >= 11 is 0. The van der Waals surface area contributed by atoms with Gasteiger partial charge >= 0.3 is 12.1 Å². The van der Waals surface area contributed by atoms with Gasteiger partial charge in [0, 0.05) is 6.42 Å². The first-order valence-electron chi connectivity index (χ1n) is 5.23. The molecule has 0 bridgehead atoms. The van der Waals surface area contributed by atoms with Crippen LogP contribution < -0.4 is 5.32 Å². The molecule has 17 heavy (non-hydrogen) atoms. The van der Waals surface area contributed by atoms with E-state index in [2.05, 4.69) is 5.32 Å². The fraction of sp³-hybridized carbons (Fsp3) is 0.333. The molecule has 1 aliphatic heterocycles. The summed E-state index contributed by atoms with van der Waals surface area (Å²) < 4.78 is 9.54. The standard InChI is InChI=1S/C12H13NO4/c1-16-10(14)12(8-17-11(15)13-12)7-9-5-3-2-4-6-9/h2-6H,7-8H2,1H3,(H,13,15)/t12-/m1/s1. The number of ether oxygens (including phenoxy) is 2. The van der Waals surface area contributed by atoms with Crippen LogP contribution in [0.1, 0.15) is 5.56 Å². The van der Waals surface area contributed by atoms with Crippen molar-refractivity contribution in [2.75, 3.05) is 13.7 Å². The summed E-state index contributed by atoms with van der Waals surface area (Å²) in [5, 5.41) is 2.53. The summed E-state index contributed by atoms with van der Waals surface area (Å²) in [5.74, 6) is -0.493. The van der Waals surface area contributed by atoms with Gasteiger partial charge in [0.05, 0.1) is 7.11 Å². The van der Waals surface area contributed by atoms with Gasteiger partial charge in [0.25, 0.3) is 0 Å². The first kappa shape index (κ1) is 11.4. The third-order valence-electron chi connectivity index (χ3n) is 2.72. The molecule has 5 heteroatoms. The van der Waals surface area contributed by atoms with Crippen LogP contribution in [0.2, 0.25) is 0 Å². The van der Waals surface area contributed by atoms with E-state index in [-0.39, 0.29) is 6.61 Å². The number of methoxy groups -OCH3 is 1. The van der Waals surface area contributed by atoms with Crippen LogP contribution in [0.4, 0.5) is 4.79 Å². The number of hydrogen-bond acceptors (Lipinski definition) is 4. The molecule has 1 amide bonds. The first-order chi connectivity index (χ1) is 8.16. The van der Waals surface area contributed by atoms with Gasteiger partial charge < -0.3 is 14.8 Å². The quantitative estimate of drug-likeness (QED) is 0.790. The zero-order valence-electron chi connectivity index (χ0n) is 9.43. The third-order valence-corrected chi connectivity index (χ3v) is 2.72. The van der Waals surface area contributed by atoms with E-state index in [0.29, 0.717) is 6.42 Å². The lowest BCUT2D eigenvalue weighted by atomic mass is 9.92. The lowest BCUT2D eigenvalue weighted by Crippen LogP contribution is -2.53. The number of benzene rings is 1. The van der Waals surface area contributed by atoms with Gasteiger partial charge in [0.15, 0.2) is 5.54 Å². The number of nitrogens with one attached hydrogen (secondary N) is 1. The number of esters is 1. The minimum absolute atomic E-state index is 0.00655. The number of carbonyl (C=O) groups is 2. The van der Waals surface area contributed by atoms with Crippen LogP contribution in [0.3, 0.4) is 0 Å². The van der Waals surface area contributed by atoms with Gasteiger partial charge in [-0.15, -0.1) is 0 Å². The molecule has 1 aliphatic rings. The van der Waals surface area contributed by atoms with E-state index >= 15 is 0 Å². The molecule has 1 atom stereocenters. The topological polar surface area (TPSA) is 64.6 Å². The Balaban J connectivity index is 2.23. The summed E-state index contributed by atoms with van der Waals surface area (Å²) in [4.78, 5) is 22.9. The van der Waals surface area contributed by atoms with Crippen LogP contribution in [-0.4, -0.2) is 31.3 Å². The zero-order chi connectivity index (χ0) is 12.3. The molecule has 0 radical (unpaired) electrons. The summed E-state index contributed by atoms with van der Waals surface area (Å²) in [6.07, 6.45) is -0.238. The highest BCUT2D eigenvalue weighted by Gasteiger charge is 2.47. The summed E-state index contributed by atoms with van der Waals surface area (Å²) in [5.41, 5.74) is -0.170. The third kappa shape index (κ3) is 2.22. The maximum absolute atomic E-state index is 11.8. The Labute approximate surface area is 98.7 Å². The molecule has 0 aliphatic carbocycles. The highest BCUT2D eigenvalue weighted by atomic mass is 16.6. The predicted molar refractivity (Wildman–Crippen MR) is 59.4 cm³/mol. The van der Waals surface area contributed by atoms with Gasteiger partial charge in [-0.1, -0.05) is 30.3 Å². The SMILES string of the molecule is COC(=O)[C@@]1(Cc2ccccc2)COC(=O)N1. The second-order valence-corrected chi connectivity index (χ2v) is 3.94. The van der Waals surface area contributed by atoms with Gasteiger partial charge in [-0.05, 0) is 5.56 Å². The number of amides is 1. The highest BCUT2D eigenvalue weighted by molar-refractivity contribution is 5.88. The van der Waals surface area contributed by atoms with Crippen LogP contribution >= 0.6 is 0 Å². The average Bonchev–Trinajstić information content (AvgIpc) is 2.72. The van der Waals surface area contributed by atoms with Gasteiger partial charge in [-0.2, -0.15) is 0 Å². The molecule has 0 aromatic heterocycles. The van der Waals surface area contributed by atoms with E-state index in [9.17, 15) is 9.59 Å². The molecule has 5 nitrogen and oxygen atoms in total. The van der Waals surface area contributed by atoms with Crippen molar-refractivity contribution >= 4 is 12.1 Å². The molecule has 1 heterocycles. The molecule has 0 spiro atoms. The van der Waals surface area contributed by atoms with Crippen molar-refractivity contribution in [3.05, 3.63) is 35.9 Å². The Kier molecular flexibility index (Phi) is 2.99. The van der Waals surface area contributed by atoms with Crippen molar-refractivity contribution in [2.45, 2.75) is 12.0 Å². The minimum atomic E-state index is -1.10. The predicted octanol–water partition coefficient (Wildman–Crippen LogP) is 0.881. The monoisotopic (exact) mass is 235 g/mol. The Hall–Kier alpha value is -2.04. The molecular formula is C12H13NO4. The van der Waals surface area contributed by atoms with Crippen molar-refractivity contribution in [3.63, 3.8) is 0 Å². The molecule has 1 aromatic carbocycles. The Morgan fingerprint density at radius 2 is 2.18 bits per heavy atom. The highest BCUT2D eigenvalue weighted by Crippen LogP contribution is 2.20. The average molecular weight is 235 g/mol. The normalized spacial score (nSPS) is 22.8. The van der Waals surface area contributed by atoms with Gasteiger partial charge in [-0.3, -0.25) is 0 Å². The van der Waals surface area contributed by atoms with Crippen LogP contribution in [-0.2, 0) is 20.7 Å². The largest absolute Gasteiger partial charge is 0.467 e. The second-order valence-electron chi connectivity index (χ2n) is 3.94. The lowest BCUT2D eigenvalue weighted by Gasteiger charge is -2.23. The van der Waals surface area contributed by atoms with Crippen LogP contribution in [0, 0.1) is 0 Å². The molecule has 1 N–H and O–H groups in total. The van der Waals surface area contributed by atoms with E-state index < -0.39 is 17.6 Å². The van der Waals surface area contributed by atoms with Crippen molar-refractivity contribution in [3.8, 4) is 0 Å². The smallest absolute Gasteiger partial charge is 0.408 e. The van der Waals surface area contributed by atoms with Crippen LogP contribution in [0.25, 0.3) is 0 Å². The second kappa shape index (κ2) is 4.45. The van der Waals surface area contributed by atoms with Gasteiger partial charge in [0.1, 0.15) is 6.61 Å². The van der Waals surface area contributed by atoms with E-state index in [1.807, 2.05) is 30.3 Å². The van der Waals surface area contributed by atoms with E-state index in [4.69, 9.17) is 9.47 Å². The zero-order valence-corrected chi connectivity index (χ0v) is 9.43.